The van der Waals surface area contributed by atoms with Gasteiger partial charge in [-0.1, -0.05) is 30.3 Å². The molecule has 0 amide bonds. The van der Waals surface area contributed by atoms with Crippen molar-refractivity contribution in [2.75, 3.05) is 25.1 Å². The van der Waals surface area contributed by atoms with E-state index in [1.807, 2.05) is 37.3 Å². The summed E-state index contributed by atoms with van der Waals surface area (Å²) in [5, 5.41) is 12.7. The Bertz CT molecular complexity index is 1100. The minimum absolute atomic E-state index is 0.0284. The smallest absolute Gasteiger partial charge is 0.303 e. The second-order valence-electron chi connectivity index (χ2n) is 8.24. The molecule has 1 unspecified atom stereocenters. The van der Waals surface area contributed by atoms with Crippen LogP contribution in [0.4, 0.5) is 5.82 Å². The highest BCUT2D eigenvalue weighted by molar-refractivity contribution is 5.68. The second-order valence-corrected chi connectivity index (χ2v) is 8.24. The summed E-state index contributed by atoms with van der Waals surface area (Å²) in [6.45, 7) is 3.90. The number of carboxylic acid groups (broad SMARTS) is 1. The van der Waals surface area contributed by atoms with Crippen molar-refractivity contribution in [3.05, 3.63) is 83.0 Å². The highest BCUT2D eigenvalue weighted by Gasteiger charge is 2.24. The number of hydrogen-bond donors (Lipinski definition) is 2. The van der Waals surface area contributed by atoms with Crippen LogP contribution < -0.4 is 14.8 Å². The first-order chi connectivity index (χ1) is 16.1. The number of ether oxygens (including phenoxy) is 2. The van der Waals surface area contributed by atoms with Gasteiger partial charge in [-0.05, 0) is 72.6 Å². The lowest BCUT2D eigenvalue weighted by Crippen LogP contribution is -2.10. The molecule has 2 aromatic carbocycles. The molecule has 1 atom stereocenters. The van der Waals surface area contributed by atoms with Crippen LogP contribution in [0.5, 0.6) is 11.5 Å². The first-order valence-electron chi connectivity index (χ1n) is 11.5. The molecular weight excluding hydrogens is 416 g/mol. The Balaban J connectivity index is 1.35. The molecule has 1 aliphatic carbocycles. The molecule has 172 valence electrons. The lowest BCUT2D eigenvalue weighted by atomic mass is 9.89. The summed E-state index contributed by atoms with van der Waals surface area (Å²) in [5.41, 5.74) is 4.77. The van der Waals surface area contributed by atoms with Crippen molar-refractivity contribution < 1.29 is 19.4 Å². The van der Waals surface area contributed by atoms with Crippen LogP contribution >= 0.6 is 0 Å². The molecule has 0 radical (unpaired) electrons. The van der Waals surface area contributed by atoms with Crippen molar-refractivity contribution in [1.29, 1.82) is 0 Å². The number of aromatic nitrogens is 1. The number of nitrogens with one attached hydrogen (secondary N) is 1. The van der Waals surface area contributed by atoms with Gasteiger partial charge in [-0.2, -0.15) is 0 Å². The van der Waals surface area contributed by atoms with E-state index in [2.05, 4.69) is 34.6 Å². The van der Waals surface area contributed by atoms with E-state index in [1.165, 1.54) is 16.7 Å². The molecule has 0 spiro atoms. The number of rotatable bonds is 10. The molecular formula is C27H30N2O4. The van der Waals surface area contributed by atoms with Gasteiger partial charge in [0.15, 0.2) is 0 Å². The van der Waals surface area contributed by atoms with Crippen LogP contribution in [0.1, 0.15) is 47.9 Å². The van der Waals surface area contributed by atoms with Crippen molar-refractivity contribution in [1.82, 2.24) is 4.98 Å². The molecule has 3 aromatic rings. The van der Waals surface area contributed by atoms with Gasteiger partial charge in [-0.15, -0.1) is 0 Å². The van der Waals surface area contributed by atoms with Gasteiger partial charge in [0.1, 0.15) is 17.3 Å². The number of hydrogen-bond acceptors (Lipinski definition) is 5. The molecule has 4 rings (SSSR count). The van der Waals surface area contributed by atoms with Gasteiger partial charge in [-0.3, -0.25) is 4.79 Å². The molecule has 6 nitrogen and oxygen atoms in total. The van der Waals surface area contributed by atoms with Gasteiger partial charge in [0, 0.05) is 18.8 Å². The molecule has 0 aliphatic heterocycles. The van der Waals surface area contributed by atoms with Crippen LogP contribution in [0.15, 0.2) is 60.8 Å². The minimum atomic E-state index is -0.764. The fourth-order valence-electron chi connectivity index (χ4n) is 4.36. The highest BCUT2D eigenvalue weighted by atomic mass is 16.5. The van der Waals surface area contributed by atoms with Crippen molar-refractivity contribution in [3.63, 3.8) is 0 Å². The van der Waals surface area contributed by atoms with E-state index in [4.69, 9.17) is 9.47 Å². The number of anilines is 1. The van der Waals surface area contributed by atoms with E-state index in [9.17, 15) is 9.90 Å². The quantitative estimate of drug-likeness (QED) is 0.424. The molecule has 33 heavy (non-hydrogen) atoms. The van der Waals surface area contributed by atoms with Crippen LogP contribution in [0.2, 0.25) is 0 Å². The van der Waals surface area contributed by atoms with E-state index in [-0.39, 0.29) is 12.3 Å². The molecule has 0 fully saturated rings. The minimum Gasteiger partial charge on any atom is -0.494 e. The number of aliphatic carboxylic acids is 1. The summed E-state index contributed by atoms with van der Waals surface area (Å²) in [4.78, 5) is 15.8. The number of carbonyl (C=O) groups is 1. The number of pyridine rings is 1. The zero-order valence-electron chi connectivity index (χ0n) is 18.9. The zero-order chi connectivity index (χ0) is 23.0. The van der Waals surface area contributed by atoms with Crippen molar-refractivity contribution in [2.45, 2.75) is 38.5 Å². The molecule has 1 aliphatic rings. The molecule has 2 N–H and O–H groups in total. The van der Waals surface area contributed by atoms with Gasteiger partial charge in [0.25, 0.3) is 0 Å². The van der Waals surface area contributed by atoms with Crippen molar-refractivity contribution in [2.24, 2.45) is 0 Å². The summed E-state index contributed by atoms with van der Waals surface area (Å²) < 4.78 is 11.5. The third kappa shape index (κ3) is 6.04. The van der Waals surface area contributed by atoms with Gasteiger partial charge in [0.2, 0.25) is 0 Å². The van der Waals surface area contributed by atoms with Gasteiger partial charge >= 0.3 is 5.97 Å². The van der Waals surface area contributed by atoms with Gasteiger partial charge in [0.05, 0.1) is 19.6 Å². The standard InChI is InChI=1S/C27H30N2O4/c1-2-32-24-10-12-29-26(18-24)28-11-5-13-33-23-9-8-19-14-20-6-3-4-7-25(20)22(17-27(30)31)15-21(19)16-23/h3-4,6-10,12,16,18,22H,2,5,11,13-15,17H2,1H3,(H,28,29)(H,30,31). The van der Waals surface area contributed by atoms with Crippen LogP contribution in [0, 0.1) is 0 Å². The Kier molecular flexibility index (Phi) is 7.45. The van der Waals surface area contributed by atoms with E-state index in [0.29, 0.717) is 19.6 Å². The normalized spacial score (nSPS) is 14.5. The molecule has 0 bridgehead atoms. The fourth-order valence-corrected chi connectivity index (χ4v) is 4.36. The summed E-state index contributed by atoms with van der Waals surface area (Å²) >= 11 is 0. The number of nitrogens with zero attached hydrogens (tertiary/aromatic N) is 1. The van der Waals surface area contributed by atoms with E-state index >= 15 is 0 Å². The Morgan fingerprint density at radius 3 is 2.76 bits per heavy atom. The first kappa shape index (κ1) is 22.6. The predicted molar refractivity (Wildman–Crippen MR) is 128 cm³/mol. The van der Waals surface area contributed by atoms with Crippen LogP contribution in [0.3, 0.4) is 0 Å². The maximum Gasteiger partial charge on any atom is 0.303 e. The maximum absolute atomic E-state index is 11.5. The molecule has 0 saturated heterocycles. The SMILES string of the molecule is CCOc1ccnc(NCCCOc2ccc3c(c2)CC(CC(=O)O)c2ccccc2C3)c1. The fraction of sp³-hybridized carbons (Fsp3) is 0.333. The Hall–Kier alpha value is -3.54. The maximum atomic E-state index is 11.5. The van der Waals surface area contributed by atoms with Gasteiger partial charge < -0.3 is 19.9 Å². The number of fused-ring (bicyclic) bond motifs is 2. The highest BCUT2D eigenvalue weighted by Crippen LogP contribution is 2.35. The Morgan fingerprint density at radius 1 is 1.06 bits per heavy atom. The van der Waals surface area contributed by atoms with Crippen LogP contribution in [-0.4, -0.2) is 35.8 Å². The Labute approximate surface area is 194 Å². The first-order valence-corrected chi connectivity index (χ1v) is 11.5. The summed E-state index contributed by atoms with van der Waals surface area (Å²) in [7, 11) is 0. The summed E-state index contributed by atoms with van der Waals surface area (Å²) in [6.07, 6.45) is 4.21. The van der Waals surface area contributed by atoms with Crippen LogP contribution in [0.25, 0.3) is 0 Å². The molecule has 0 saturated carbocycles. The van der Waals surface area contributed by atoms with E-state index < -0.39 is 5.97 Å². The average molecular weight is 447 g/mol. The lowest BCUT2D eigenvalue weighted by Gasteiger charge is -2.16. The lowest BCUT2D eigenvalue weighted by molar-refractivity contribution is -0.137. The molecule has 6 heteroatoms. The molecule has 1 heterocycles. The van der Waals surface area contributed by atoms with Crippen molar-refractivity contribution >= 4 is 11.8 Å². The summed E-state index contributed by atoms with van der Waals surface area (Å²) in [5.74, 6) is 1.62. The monoisotopic (exact) mass is 446 g/mol. The largest absolute Gasteiger partial charge is 0.494 e. The Morgan fingerprint density at radius 2 is 1.91 bits per heavy atom. The zero-order valence-corrected chi connectivity index (χ0v) is 18.9. The third-order valence-electron chi connectivity index (χ3n) is 5.88. The average Bonchev–Trinajstić information content (AvgIpc) is 2.95. The second kappa shape index (κ2) is 10.9. The van der Waals surface area contributed by atoms with Gasteiger partial charge in [-0.25, -0.2) is 4.98 Å². The third-order valence-corrected chi connectivity index (χ3v) is 5.88. The number of benzene rings is 2. The molecule has 1 aromatic heterocycles. The van der Waals surface area contributed by atoms with E-state index in [1.54, 1.807) is 6.20 Å². The van der Waals surface area contributed by atoms with Crippen LogP contribution in [-0.2, 0) is 17.6 Å². The van der Waals surface area contributed by atoms with Crippen molar-refractivity contribution in [3.8, 4) is 11.5 Å². The predicted octanol–water partition coefficient (Wildman–Crippen LogP) is 5.07. The summed E-state index contributed by atoms with van der Waals surface area (Å²) in [6, 6.07) is 18.1. The van der Waals surface area contributed by atoms with E-state index in [0.717, 1.165) is 42.3 Å². The topological polar surface area (TPSA) is 80.7 Å². The number of carboxylic acids is 1.